The molecular formula is C15H28N4O2S2. The van der Waals surface area contributed by atoms with Gasteiger partial charge in [-0.15, -0.1) is 11.3 Å². The molecule has 0 bridgehead atoms. The number of sulfone groups is 1. The fraction of sp³-hybridized carbons (Fsp3) is 0.733. The highest BCUT2D eigenvalue weighted by atomic mass is 32.2. The standard InChI is InChI=1S/C15H28N4O2S2/c1-11-12(2)22-13(19-11)9-17-14(16-5)18-10-15(3,4)7-8-23(6,20)21/h7-10H2,1-6H3,(H2,16,17,18). The lowest BCUT2D eigenvalue weighted by atomic mass is 9.90. The Morgan fingerprint density at radius 2 is 1.96 bits per heavy atom. The molecule has 0 radical (unpaired) electrons. The van der Waals surface area contributed by atoms with Crippen LogP contribution in [0.2, 0.25) is 0 Å². The topological polar surface area (TPSA) is 83.4 Å². The van der Waals surface area contributed by atoms with E-state index in [0.29, 0.717) is 25.5 Å². The second-order valence-corrected chi connectivity index (χ2v) is 10.1. The van der Waals surface area contributed by atoms with Gasteiger partial charge in [0.1, 0.15) is 14.8 Å². The van der Waals surface area contributed by atoms with Crippen LogP contribution >= 0.6 is 11.3 Å². The Morgan fingerprint density at radius 1 is 1.30 bits per heavy atom. The largest absolute Gasteiger partial charge is 0.356 e. The maximum atomic E-state index is 11.3. The monoisotopic (exact) mass is 360 g/mol. The van der Waals surface area contributed by atoms with E-state index in [9.17, 15) is 8.42 Å². The first-order valence-electron chi connectivity index (χ1n) is 7.57. The van der Waals surface area contributed by atoms with Crippen molar-refractivity contribution in [3.05, 3.63) is 15.6 Å². The third-order valence-corrected chi connectivity index (χ3v) is 5.61. The quantitative estimate of drug-likeness (QED) is 0.573. The van der Waals surface area contributed by atoms with Crippen LogP contribution < -0.4 is 10.6 Å². The first kappa shape index (κ1) is 19.9. The summed E-state index contributed by atoms with van der Waals surface area (Å²) in [5.41, 5.74) is 0.936. The number of guanidine groups is 1. The minimum atomic E-state index is -2.93. The third kappa shape index (κ3) is 7.78. The lowest BCUT2D eigenvalue weighted by molar-refractivity contribution is 0.348. The highest BCUT2D eigenvalue weighted by Gasteiger charge is 2.20. The Hall–Kier alpha value is -1.15. The van der Waals surface area contributed by atoms with Crippen LogP contribution in [0.4, 0.5) is 0 Å². The van der Waals surface area contributed by atoms with Crippen molar-refractivity contribution < 1.29 is 8.42 Å². The maximum absolute atomic E-state index is 11.3. The van der Waals surface area contributed by atoms with E-state index in [0.717, 1.165) is 10.7 Å². The molecule has 0 spiro atoms. The molecule has 0 unspecified atom stereocenters. The van der Waals surface area contributed by atoms with Gasteiger partial charge in [-0.1, -0.05) is 13.8 Å². The van der Waals surface area contributed by atoms with Crippen molar-refractivity contribution in [2.24, 2.45) is 10.4 Å². The summed E-state index contributed by atoms with van der Waals surface area (Å²) in [5, 5.41) is 7.53. The SMILES string of the molecule is CN=C(NCc1nc(C)c(C)s1)NCC(C)(C)CCS(C)(=O)=O. The summed E-state index contributed by atoms with van der Waals surface area (Å²) in [6, 6.07) is 0. The Labute approximate surface area is 143 Å². The fourth-order valence-electron chi connectivity index (χ4n) is 1.87. The first-order valence-corrected chi connectivity index (χ1v) is 10.5. The molecule has 1 heterocycles. The Bertz CT molecular complexity index is 629. The van der Waals surface area contributed by atoms with Crippen LogP contribution in [-0.4, -0.2) is 45.0 Å². The predicted octanol–water partition coefficient (Wildman–Crippen LogP) is 1.89. The number of aryl methyl sites for hydroxylation is 2. The molecule has 0 amide bonds. The predicted molar refractivity (Wildman–Crippen MR) is 97.9 cm³/mol. The normalized spacial score (nSPS) is 13.2. The molecule has 0 aliphatic rings. The van der Waals surface area contributed by atoms with Gasteiger partial charge in [0.2, 0.25) is 0 Å². The van der Waals surface area contributed by atoms with Gasteiger partial charge in [-0.25, -0.2) is 13.4 Å². The van der Waals surface area contributed by atoms with Gasteiger partial charge in [0.15, 0.2) is 5.96 Å². The summed E-state index contributed by atoms with van der Waals surface area (Å²) in [7, 11) is -1.21. The number of hydrogen-bond acceptors (Lipinski definition) is 5. The zero-order valence-corrected chi connectivity index (χ0v) is 16.5. The number of thiazole rings is 1. The molecular weight excluding hydrogens is 332 g/mol. The smallest absolute Gasteiger partial charge is 0.191 e. The van der Waals surface area contributed by atoms with Crippen LogP contribution in [0.3, 0.4) is 0 Å². The first-order chi connectivity index (χ1) is 10.5. The number of hydrogen-bond donors (Lipinski definition) is 2. The van der Waals surface area contributed by atoms with Crippen molar-refractivity contribution in [1.82, 2.24) is 15.6 Å². The van der Waals surface area contributed by atoms with Crippen molar-refractivity contribution in [1.29, 1.82) is 0 Å². The molecule has 1 rings (SSSR count). The number of nitrogens with one attached hydrogen (secondary N) is 2. The van der Waals surface area contributed by atoms with Gasteiger partial charge in [-0.05, 0) is 25.7 Å². The second kappa shape index (κ2) is 8.10. The van der Waals surface area contributed by atoms with E-state index in [1.165, 1.54) is 11.1 Å². The number of rotatable bonds is 7. The lowest BCUT2D eigenvalue weighted by Gasteiger charge is -2.25. The van der Waals surface area contributed by atoms with E-state index in [1.807, 2.05) is 20.8 Å². The van der Waals surface area contributed by atoms with E-state index in [2.05, 4.69) is 27.5 Å². The minimum Gasteiger partial charge on any atom is -0.356 e. The highest BCUT2D eigenvalue weighted by molar-refractivity contribution is 7.90. The average Bonchev–Trinajstić information content (AvgIpc) is 2.75. The Balaban J connectivity index is 2.47. The molecule has 23 heavy (non-hydrogen) atoms. The van der Waals surface area contributed by atoms with Crippen LogP contribution in [-0.2, 0) is 16.4 Å². The van der Waals surface area contributed by atoms with Crippen LogP contribution in [0, 0.1) is 19.3 Å². The van der Waals surface area contributed by atoms with Gasteiger partial charge in [-0.3, -0.25) is 4.99 Å². The van der Waals surface area contributed by atoms with Crippen LogP contribution in [0.5, 0.6) is 0 Å². The van der Waals surface area contributed by atoms with Crippen LogP contribution in [0.1, 0.15) is 35.8 Å². The molecule has 6 nitrogen and oxygen atoms in total. The molecule has 0 saturated carbocycles. The summed E-state index contributed by atoms with van der Waals surface area (Å²) in [4.78, 5) is 9.91. The minimum absolute atomic E-state index is 0.130. The van der Waals surface area contributed by atoms with Crippen LogP contribution in [0.25, 0.3) is 0 Å². The number of aromatic nitrogens is 1. The molecule has 1 aromatic rings. The zero-order valence-electron chi connectivity index (χ0n) is 14.9. The highest BCUT2D eigenvalue weighted by Crippen LogP contribution is 2.20. The third-order valence-electron chi connectivity index (χ3n) is 3.59. The Morgan fingerprint density at radius 3 is 2.43 bits per heavy atom. The van der Waals surface area contributed by atoms with Gasteiger partial charge < -0.3 is 10.6 Å². The molecule has 8 heteroatoms. The molecule has 0 saturated heterocycles. The number of aliphatic imine (C=N–C) groups is 1. The van der Waals surface area contributed by atoms with Gasteiger partial charge in [-0.2, -0.15) is 0 Å². The lowest BCUT2D eigenvalue weighted by Crippen LogP contribution is -2.42. The van der Waals surface area contributed by atoms with Gasteiger partial charge >= 0.3 is 0 Å². The molecule has 0 fully saturated rings. The summed E-state index contributed by atoms with van der Waals surface area (Å²) in [6.07, 6.45) is 1.88. The number of nitrogens with zero attached hydrogens (tertiary/aromatic N) is 2. The van der Waals surface area contributed by atoms with Crippen molar-refractivity contribution in [2.75, 3.05) is 25.6 Å². The molecule has 0 atom stereocenters. The van der Waals surface area contributed by atoms with Gasteiger partial charge in [0.05, 0.1) is 18.0 Å². The van der Waals surface area contributed by atoms with E-state index in [-0.39, 0.29) is 11.2 Å². The van der Waals surface area contributed by atoms with Gasteiger partial charge in [0, 0.05) is 24.7 Å². The van der Waals surface area contributed by atoms with Crippen molar-refractivity contribution in [3.63, 3.8) is 0 Å². The fourth-order valence-corrected chi connectivity index (χ4v) is 3.66. The van der Waals surface area contributed by atoms with E-state index >= 15 is 0 Å². The van der Waals surface area contributed by atoms with Crippen molar-refractivity contribution >= 4 is 27.1 Å². The average molecular weight is 361 g/mol. The van der Waals surface area contributed by atoms with Crippen molar-refractivity contribution in [3.8, 4) is 0 Å². The van der Waals surface area contributed by atoms with Gasteiger partial charge in [0.25, 0.3) is 0 Å². The van der Waals surface area contributed by atoms with E-state index < -0.39 is 9.84 Å². The maximum Gasteiger partial charge on any atom is 0.191 e. The molecule has 0 aliphatic carbocycles. The second-order valence-electron chi connectivity index (χ2n) is 6.57. The van der Waals surface area contributed by atoms with Crippen molar-refractivity contribution in [2.45, 2.75) is 40.7 Å². The van der Waals surface area contributed by atoms with E-state index in [4.69, 9.17) is 0 Å². The molecule has 0 aromatic carbocycles. The molecule has 2 N–H and O–H groups in total. The zero-order chi connectivity index (χ0) is 17.7. The Kier molecular flexibility index (Phi) is 7.01. The summed E-state index contributed by atoms with van der Waals surface area (Å²) < 4.78 is 22.6. The summed E-state index contributed by atoms with van der Waals surface area (Å²) in [5.74, 6) is 0.897. The summed E-state index contributed by atoms with van der Waals surface area (Å²) in [6.45, 7) is 9.44. The molecule has 1 aromatic heterocycles. The molecule has 132 valence electrons. The van der Waals surface area contributed by atoms with E-state index in [1.54, 1.807) is 18.4 Å². The molecule has 0 aliphatic heterocycles. The van der Waals surface area contributed by atoms with Crippen LogP contribution in [0.15, 0.2) is 4.99 Å². The summed E-state index contributed by atoms with van der Waals surface area (Å²) >= 11 is 1.68.